The van der Waals surface area contributed by atoms with E-state index in [4.69, 9.17) is 30.5 Å². The van der Waals surface area contributed by atoms with Crippen LogP contribution in [0.4, 0.5) is 9.59 Å². The van der Waals surface area contributed by atoms with Crippen molar-refractivity contribution in [3.05, 3.63) is 23.8 Å². The highest BCUT2D eigenvalue weighted by Crippen LogP contribution is 2.71. The van der Waals surface area contributed by atoms with Crippen LogP contribution in [0.15, 0.2) is 23.8 Å². The van der Waals surface area contributed by atoms with E-state index in [1.54, 1.807) is 26.0 Å². The number of carbonyl (C=O) groups is 4. The Kier molecular flexibility index (Phi) is 9.01. The number of hydrogen-bond donors (Lipinski definition) is 1. The van der Waals surface area contributed by atoms with Gasteiger partial charge in [-0.05, 0) is 76.4 Å². The zero-order valence-electron chi connectivity index (χ0n) is 24.7. The number of Topliss-reactive ketones (excluding diaryl/α,β-unsaturated/α-hetero) is 1. The number of aliphatic hydroxyl groups is 1. The van der Waals surface area contributed by atoms with E-state index < -0.39 is 58.2 Å². The Morgan fingerprint density at radius 1 is 1.10 bits per heavy atom. The van der Waals surface area contributed by atoms with Crippen molar-refractivity contribution in [2.75, 3.05) is 13.2 Å². The molecule has 0 bridgehead atoms. The average Bonchev–Trinajstić information content (AvgIpc) is 3.18. The summed E-state index contributed by atoms with van der Waals surface area (Å²) in [6.45, 7) is 8.67. The number of aliphatic hydroxyl groups excluding tert-OH is 1. The van der Waals surface area contributed by atoms with Crippen molar-refractivity contribution in [1.29, 1.82) is 0 Å². The third-order valence-electron chi connectivity index (χ3n) is 10.1. The molecule has 0 radical (unpaired) electrons. The highest BCUT2D eigenvalue weighted by Gasteiger charge is 2.74. The summed E-state index contributed by atoms with van der Waals surface area (Å²) < 4.78 is 21.5. The third kappa shape index (κ3) is 5.22. The quantitative estimate of drug-likeness (QED) is 0.199. The largest absolute Gasteiger partial charge is 0.509 e. The van der Waals surface area contributed by atoms with Gasteiger partial charge in [0.2, 0.25) is 5.78 Å². The minimum absolute atomic E-state index is 0.0631. The molecule has 0 heterocycles. The van der Waals surface area contributed by atoms with Gasteiger partial charge < -0.3 is 24.1 Å². The van der Waals surface area contributed by atoms with Crippen LogP contribution in [0.1, 0.15) is 86.0 Å². The number of ketones is 2. The molecule has 9 nitrogen and oxygen atoms in total. The van der Waals surface area contributed by atoms with Gasteiger partial charge in [-0.1, -0.05) is 45.3 Å². The van der Waals surface area contributed by atoms with E-state index >= 15 is 0 Å². The topological polar surface area (TPSA) is 125 Å². The summed E-state index contributed by atoms with van der Waals surface area (Å²) in [7, 11) is 0. The van der Waals surface area contributed by atoms with Crippen molar-refractivity contribution in [2.45, 2.75) is 109 Å². The van der Waals surface area contributed by atoms with E-state index in [1.165, 1.54) is 6.08 Å². The molecule has 0 aromatic rings. The summed E-state index contributed by atoms with van der Waals surface area (Å²) in [6, 6.07) is 0. The Bertz CT molecular complexity index is 1130. The standard InChI is InChI=1S/C31H43ClO9/c1-6-7-8-15-38-27(37)41-30(25(35)18-39-26(36)40-19(2)3)14-12-22-23-10-9-20-16-21(33)11-13-28(20,4)31(23,32)24(34)17-29(22,30)5/h11,13,16,19,22-24,34H,6-10,12,14-15,17-18H2,1-5H3/t22-,23-,24?,28-,29-,30-,31-/m0/s1. The molecule has 228 valence electrons. The van der Waals surface area contributed by atoms with Gasteiger partial charge in [-0.2, -0.15) is 0 Å². The monoisotopic (exact) mass is 594 g/mol. The van der Waals surface area contributed by atoms with Gasteiger partial charge in [0.25, 0.3) is 0 Å². The first kappa shape index (κ1) is 31.5. The van der Waals surface area contributed by atoms with E-state index in [9.17, 15) is 24.3 Å². The van der Waals surface area contributed by atoms with E-state index in [2.05, 4.69) is 0 Å². The van der Waals surface area contributed by atoms with Crippen molar-refractivity contribution in [3.8, 4) is 0 Å². The summed E-state index contributed by atoms with van der Waals surface area (Å²) in [5, 5.41) is 11.8. The first-order valence-corrected chi connectivity index (χ1v) is 15.2. The molecule has 0 spiro atoms. The molecule has 0 aliphatic heterocycles. The molecule has 0 aromatic carbocycles. The zero-order chi connectivity index (χ0) is 30.2. The number of hydrogen-bond acceptors (Lipinski definition) is 9. The predicted molar refractivity (Wildman–Crippen MR) is 150 cm³/mol. The molecule has 4 rings (SSSR count). The van der Waals surface area contributed by atoms with E-state index in [1.807, 2.05) is 20.8 Å². The van der Waals surface area contributed by atoms with E-state index in [0.29, 0.717) is 25.7 Å². The van der Waals surface area contributed by atoms with Crippen LogP contribution in [-0.2, 0) is 28.5 Å². The van der Waals surface area contributed by atoms with Crippen LogP contribution < -0.4 is 0 Å². The number of carbonyl (C=O) groups excluding carboxylic acids is 4. The van der Waals surface area contributed by atoms with Crippen molar-refractivity contribution >= 4 is 35.5 Å². The normalized spacial score (nSPS) is 37.4. The molecule has 41 heavy (non-hydrogen) atoms. The maximum atomic E-state index is 14.0. The summed E-state index contributed by atoms with van der Waals surface area (Å²) in [5.74, 6) is -1.14. The molecule has 3 fully saturated rings. The maximum absolute atomic E-state index is 14.0. The summed E-state index contributed by atoms with van der Waals surface area (Å²) in [5.41, 5.74) is -2.59. The molecule has 4 aliphatic carbocycles. The van der Waals surface area contributed by atoms with Crippen LogP contribution in [0.25, 0.3) is 0 Å². The highest BCUT2D eigenvalue weighted by atomic mass is 35.5. The molecule has 1 unspecified atom stereocenters. The molecule has 1 N–H and O–H groups in total. The SMILES string of the molecule is CCCCCOC(=O)O[C@]1(C(=O)COC(=O)OC(C)C)CC[C@H]2[C@@H]3CCC4=CC(=O)C=C[C@]4(C)[C@@]3(Cl)C(O)C[C@@]21C. The van der Waals surface area contributed by atoms with E-state index in [-0.39, 0.29) is 37.1 Å². The molecule has 0 aromatic heterocycles. The van der Waals surface area contributed by atoms with Crippen LogP contribution in [-0.4, -0.2) is 64.9 Å². The van der Waals surface area contributed by atoms with Gasteiger partial charge in [0.05, 0.1) is 23.7 Å². The fraction of sp³-hybridized carbons (Fsp3) is 0.742. The lowest BCUT2D eigenvalue weighted by atomic mass is 9.45. The lowest BCUT2D eigenvalue weighted by Gasteiger charge is -2.63. The van der Waals surface area contributed by atoms with Crippen molar-refractivity contribution < 1.29 is 43.2 Å². The Balaban J connectivity index is 1.67. The number of allylic oxidation sites excluding steroid dienone is 4. The number of rotatable bonds is 9. The van der Waals surface area contributed by atoms with Crippen LogP contribution in [0.2, 0.25) is 0 Å². The predicted octanol–water partition coefficient (Wildman–Crippen LogP) is 5.84. The summed E-state index contributed by atoms with van der Waals surface area (Å²) in [4.78, 5) is 50.1. The second-order valence-electron chi connectivity index (χ2n) is 12.7. The Morgan fingerprint density at radius 2 is 1.83 bits per heavy atom. The molecule has 0 amide bonds. The van der Waals surface area contributed by atoms with Crippen molar-refractivity contribution in [3.63, 3.8) is 0 Å². The first-order valence-electron chi connectivity index (χ1n) is 14.8. The van der Waals surface area contributed by atoms with Crippen molar-refractivity contribution in [1.82, 2.24) is 0 Å². The van der Waals surface area contributed by atoms with Gasteiger partial charge >= 0.3 is 12.3 Å². The lowest BCUT2D eigenvalue weighted by molar-refractivity contribution is -0.180. The molecule has 3 saturated carbocycles. The minimum Gasteiger partial charge on any atom is -0.434 e. The number of halogens is 1. The van der Waals surface area contributed by atoms with E-state index in [0.717, 1.165) is 18.4 Å². The first-order chi connectivity index (χ1) is 19.2. The van der Waals surface area contributed by atoms with Crippen LogP contribution in [0.5, 0.6) is 0 Å². The second-order valence-corrected chi connectivity index (χ2v) is 13.3. The van der Waals surface area contributed by atoms with Gasteiger partial charge in [0.15, 0.2) is 18.0 Å². The molecule has 0 saturated heterocycles. The molecular formula is C31H43ClO9. The number of fused-ring (bicyclic) bond motifs is 5. The highest BCUT2D eigenvalue weighted by molar-refractivity contribution is 6.26. The van der Waals surface area contributed by atoms with Gasteiger partial charge in [0.1, 0.15) is 0 Å². The second kappa shape index (κ2) is 11.7. The lowest BCUT2D eigenvalue weighted by Crippen LogP contribution is -2.69. The van der Waals surface area contributed by atoms with Crippen molar-refractivity contribution in [2.24, 2.45) is 22.7 Å². The Hall–Kier alpha value is -2.39. The fourth-order valence-corrected chi connectivity index (χ4v) is 8.55. The number of alkyl halides is 1. The number of ether oxygens (including phenoxy) is 4. The molecule has 7 atom stereocenters. The maximum Gasteiger partial charge on any atom is 0.509 e. The average molecular weight is 595 g/mol. The summed E-state index contributed by atoms with van der Waals surface area (Å²) >= 11 is 7.49. The van der Waals surface area contributed by atoms with Gasteiger partial charge in [-0.3, -0.25) is 9.59 Å². The van der Waals surface area contributed by atoms with Crippen LogP contribution >= 0.6 is 11.6 Å². The zero-order valence-corrected chi connectivity index (χ0v) is 25.5. The molecule has 4 aliphatic rings. The Labute approximate surface area is 246 Å². The fourth-order valence-electron chi connectivity index (χ4n) is 8.03. The smallest absolute Gasteiger partial charge is 0.434 e. The van der Waals surface area contributed by atoms with Gasteiger partial charge in [-0.25, -0.2) is 9.59 Å². The minimum atomic E-state index is -1.70. The van der Waals surface area contributed by atoms with Gasteiger partial charge in [-0.15, -0.1) is 11.6 Å². The van der Waals surface area contributed by atoms with Crippen LogP contribution in [0, 0.1) is 22.7 Å². The summed E-state index contributed by atoms with van der Waals surface area (Å²) in [6.07, 6.45) is 5.90. The third-order valence-corrected chi connectivity index (χ3v) is 11.0. The molecular weight excluding hydrogens is 552 g/mol. The molecule has 10 heteroatoms. The van der Waals surface area contributed by atoms with Crippen LogP contribution in [0.3, 0.4) is 0 Å². The Morgan fingerprint density at radius 3 is 2.51 bits per heavy atom. The van der Waals surface area contributed by atoms with Gasteiger partial charge in [0, 0.05) is 10.8 Å². The number of unbranched alkanes of at least 4 members (excludes halogenated alkanes) is 2.